The molecule has 1 unspecified atom stereocenters. The van der Waals surface area contributed by atoms with E-state index in [1.165, 1.54) is 12.1 Å². The van der Waals surface area contributed by atoms with Crippen LogP contribution in [-0.4, -0.2) is 11.1 Å². The zero-order valence-corrected chi connectivity index (χ0v) is 8.72. The van der Waals surface area contributed by atoms with Gasteiger partial charge in [-0.25, -0.2) is 0 Å². The number of hydrogen-bond donors (Lipinski definition) is 1. The number of carboxylic acids is 1. The molecule has 0 fully saturated rings. The summed E-state index contributed by atoms with van der Waals surface area (Å²) < 4.78 is 37.0. The molecule has 6 heteroatoms. The summed E-state index contributed by atoms with van der Waals surface area (Å²) in [5.74, 6) is -1.16. The molecule has 0 aliphatic carbocycles. The average Bonchev–Trinajstić information content (AvgIpc) is 2.15. The van der Waals surface area contributed by atoms with Gasteiger partial charge >= 0.3 is 12.1 Å². The zero-order valence-electron chi connectivity index (χ0n) is 7.96. The van der Waals surface area contributed by atoms with Crippen LogP contribution in [0.5, 0.6) is 0 Å². The molecule has 0 heterocycles. The summed E-state index contributed by atoms with van der Waals surface area (Å²) in [4.78, 5) is 10.4. The number of carbonyl (C=O) groups is 1. The second kappa shape index (κ2) is 4.74. The van der Waals surface area contributed by atoms with E-state index in [2.05, 4.69) is 0 Å². The minimum atomic E-state index is -4.45. The van der Waals surface area contributed by atoms with Gasteiger partial charge in [0.2, 0.25) is 0 Å². The van der Waals surface area contributed by atoms with Gasteiger partial charge in [0.25, 0.3) is 0 Å². The van der Waals surface area contributed by atoms with E-state index in [-0.39, 0.29) is 5.56 Å². The lowest BCUT2D eigenvalue weighted by molar-refractivity contribution is -0.137. The van der Waals surface area contributed by atoms with Crippen LogP contribution in [0.15, 0.2) is 24.3 Å². The lowest BCUT2D eigenvalue weighted by Crippen LogP contribution is -2.07. The quantitative estimate of drug-likeness (QED) is 0.837. The summed E-state index contributed by atoms with van der Waals surface area (Å²) >= 11 is 5.68. The molecule has 0 saturated heterocycles. The third-order valence-electron chi connectivity index (χ3n) is 1.93. The zero-order chi connectivity index (χ0) is 12.3. The molecule has 0 saturated carbocycles. The van der Waals surface area contributed by atoms with Crippen molar-refractivity contribution in [2.75, 3.05) is 0 Å². The fourth-order valence-corrected chi connectivity index (χ4v) is 1.45. The summed E-state index contributed by atoms with van der Waals surface area (Å²) in [5, 5.41) is 7.51. The second-order valence-electron chi connectivity index (χ2n) is 3.19. The molecule has 0 aromatic heterocycles. The Morgan fingerprint density at radius 1 is 1.44 bits per heavy atom. The van der Waals surface area contributed by atoms with Gasteiger partial charge in [-0.15, -0.1) is 11.6 Å². The van der Waals surface area contributed by atoms with Crippen molar-refractivity contribution in [3.05, 3.63) is 35.4 Å². The first-order valence-electron chi connectivity index (χ1n) is 4.33. The largest absolute Gasteiger partial charge is 0.481 e. The van der Waals surface area contributed by atoms with E-state index in [0.29, 0.717) is 0 Å². The van der Waals surface area contributed by atoms with E-state index in [1.54, 1.807) is 0 Å². The van der Waals surface area contributed by atoms with Gasteiger partial charge in [-0.2, -0.15) is 13.2 Å². The van der Waals surface area contributed by atoms with Crippen LogP contribution >= 0.6 is 11.6 Å². The Balaban J connectivity index is 2.94. The lowest BCUT2D eigenvalue weighted by atomic mass is 10.1. The second-order valence-corrected chi connectivity index (χ2v) is 3.72. The van der Waals surface area contributed by atoms with Gasteiger partial charge in [0.05, 0.1) is 17.4 Å². The van der Waals surface area contributed by atoms with Crippen LogP contribution in [0.25, 0.3) is 0 Å². The molecule has 2 nitrogen and oxygen atoms in total. The molecule has 0 aliphatic rings. The van der Waals surface area contributed by atoms with Gasteiger partial charge in [0.15, 0.2) is 0 Å². The van der Waals surface area contributed by atoms with Crippen molar-refractivity contribution in [3.8, 4) is 0 Å². The van der Waals surface area contributed by atoms with Crippen molar-refractivity contribution < 1.29 is 23.1 Å². The van der Waals surface area contributed by atoms with Crippen LogP contribution in [0.4, 0.5) is 13.2 Å². The van der Waals surface area contributed by atoms with Gasteiger partial charge in [-0.05, 0) is 11.6 Å². The van der Waals surface area contributed by atoms with Crippen molar-refractivity contribution in [1.29, 1.82) is 0 Å². The summed E-state index contributed by atoms with van der Waals surface area (Å²) in [6.45, 7) is 0. The predicted molar refractivity (Wildman–Crippen MR) is 52.3 cm³/mol. The summed E-state index contributed by atoms with van der Waals surface area (Å²) in [7, 11) is 0. The van der Waals surface area contributed by atoms with Gasteiger partial charge in [0.1, 0.15) is 0 Å². The lowest BCUT2D eigenvalue weighted by Gasteiger charge is -2.11. The maximum Gasteiger partial charge on any atom is 0.416 e. The van der Waals surface area contributed by atoms with E-state index < -0.39 is 29.5 Å². The number of aliphatic carboxylic acids is 1. The van der Waals surface area contributed by atoms with Crippen LogP contribution in [0, 0.1) is 0 Å². The van der Waals surface area contributed by atoms with E-state index >= 15 is 0 Å². The first-order chi connectivity index (χ1) is 7.30. The third kappa shape index (κ3) is 3.41. The number of rotatable bonds is 3. The van der Waals surface area contributed by atoms with Crippen molar-refractivity contribution in [2.24, 2.45) is 0 Å². The monoisotopic (exact) mass is 252 g/mol. The molecule has 0 spiro atoms. The molecule has 1 aromatic carbocycles. The molecule has 0 bridgehead atoms. The van der Waals surface area contributed by atoms with Crippen molar-refractivity contribution in [2.45, 2.75) is 18.0 Å². The minimum Gasteiger partial charge on any atom is -0.481 e. The number of alkyl halides is 4. The Morgan fingerprint density at radius 3 is 2.56 bits per heavy atom. The van der Waals surface area contributed by atoms with Crippen LogP contribution in [0.1, 0.15) is 22.9 Å². The molecule has 0 aliphatic heterocycles. The molecular weight excluding hydrogens is 245 g/mol. The Hall–Kier alpha value is -1.23. The fourth-order valence-electron chi connectivity index (χ4n) is 1.18. The SMILES string of the molecule is O=C(O)CC(Cl)c1cccc(C(F)(F)F)c1. The molecule has 1 atom stereocenters. The molecule has 1 N–H and O–H groups in total. The molecule has 1 rings (SSSR count). The maximum atomic E-state index is 12.3. The highest BCUT2D eigenvalue weighted by atomic mass is 35.5. The molecular formula is C10H8ClF3O2. The number of benzene rings is 1. The highest BCUT2D eigenvalue weighted by Gasteiger charge is 2.30. The van der Waals surface area contributed by atoms with Gasteiger partial charge in [0, 0.05) is 0 Å². The molecule has 1 aromatic rings. The Kier molecular flexibility index (Phi) is 3.80. The number of carboxylic acid groups (broad SMARTS) is 1. The first-order valence-corrected chi connectivity index (χ1v) is 4.77. The van der Waals surface area contributed by atoms with Crippen LogP contribution in [0.3, 0.4) is 0 Å². The standard InChI is InChI=1S/C10H8ClF3O2/c11-8(5-9(15)16)6-2-1-3-7(4-6)10(12,13)14/h1-4,8H,5H2,(H,15,16). The summed E-state index contributed by atoms with van der Waals surface area (Å²) in [5.41, 5.74) is -0.681. The first kappa shape index (κ1) is 12.8. The maximum absolute atomic E-state index is 12.3. The van der Waals surface area contributed by atoms with Crippen LogP contribution in [-0.2, 0) is 11.0 Å². The predicted octanol–water partition coefficient (Wildman–Crippen LogP) is 3.46. The van der Waals surface area contributed by atoms with Crippen LogP contribution in [0.2, 0.25) is 0 Å². The van der Waals surface area contributed by atoms with Crippen molar-refractivity contribution in [1.82, 2.24) is 0 Å². The van der Waals surface area contributed by atoms with Crippen molar-refractivity contribution in [3.63, 3.8) is 0 Å². The third-order valence-corrected chi connectivity index (χ3v) is 2.34. The Bertz CT molecular complexity index is 390. The van der Waals surface area contributed by atoms with Gasteiger partial charge < -0.3 is 5.11 Å². The molecule has 88 valence electrons. The number of hydrogen-bond acceptors (Lipinski definition) is 1. The summed E-state index contributed by atoms with van der Waals surface area (Å²) in [6.07, 6.45) is -4.86. The van der Waals surface area contributed by atoms with E-state index in [4.69, 9.17) is 16.7 Å². The number of halogens is 4. The summed E-state index contributed by atoms with van der Waals surface area (Å²) in [6, 6.07) is 4.35. The fraction of sp³-hybridized carbons (Fsp3) is 0.300. The van der Waals surface area contributed by atoms with E-state index in [0.717, 1.165) is 12.1 Å². The van der Waals surface area contributed by atoms with E-state index in [9.17, 15) is 18.0 Å². The van der Waals surface area contributed by atoms with Gasteiger partial charge in [-0.1, -0.05) is 18.2 Å². The topological polar surface area (TPSA) is 37.3 Å². The van der Waals surface area contributed by atoms with Crippen molar-refractivity contribution >= 4 is 17.6 Å². The smallest absolute Gasteiger partial charge is 0.416 e. The molecule has 0 radical (unpaired) electrons. The normalized spacial score (nSPS) is 13.5. The van der Waals surface area contributed by atoms with Gasteiger partial charge in [-0.3, -0.25) is 4.79 Å². The highest BCUT2D eigenvalue weighted by Crippen LogP contribution is 2.32. The Labute approximate surface area is 94.6 Å². The van der Waals surface area contributed by atoms with Crippen LogP contribution < -0.4 is 0 Å². The molecule has 16 heavy (non-hydrogen) atoms. The molecule has 0 amide bonds. The highest BCUT2D eigenvalue weighted by molar-refractivity contribution is 6.21. The minimum absolute atomic E-state index is 0.152. The average molecular weight is 253 g/mol. The Morgan fingerprint density at radius 2 is 2.06 bits per heavy atom. The van der Waals surface area contributed by atoms with E-state index in [1.807, 2.05) is 0 Å².